The van der Waals surface area contributed by atoms with Crippen LogP contribution < -0.4 is 16.6 Å². The van der Waals surface area contributed by atoms with Crippen molar-refractivity contribution in [3.8, 4) is 5.75 Å². The van der Waals surface area contributed by atoms with E-state index in [2.05, 4.69) is 5.32 Å². The molecule has 10 nitrogen and oxygen atoms in total. The Bertz CT molecular complexity index is 1130. The van der Waals surface area contributed by atoms with Crippen LogP contribution >= 0.6 is 0 Å². The van der Waals surface area contributed by atoms with Gasteiger partial charge in [-0.1, -0.05) is 13.0 Å². The molecule has 2 aromatic rings. The van der Waals surface area contributed by atoms with E-state index >= 15 is 0 Å². The molecule has 0 amide bonds. The number of carbonyl (C=O) groups is 1. The third-order valence-corrected chi connectivity index (χ3v) is 4.22. The number of Topliss-reactive ketones (excluding diaryl/α,β-unsaturated/α-hetero) is 1. The Balaban J connectivity index is 2.14. The Labute approximate surface area is 152 Å². The zero-order valence-corrected chi connectivity index (χ0v) is 14.6. The second-order valence-electron chi connectivity index (χ2n) is 6.04. The highest BCUT2D eigenvalue weighted by Gasteiger charge is 2.32. The van der Waals surface area contributed by atoms with Crippen molar-refractivity contribution in [3.05, 3.63) is 66.0 Å². The van der Waals surface area contributed by atoms with E-state index in [4.69, 9.17) is 0 Å². The molecule has 0 aliphatic carbocycles. The number of ketones is 1. The van der Waals surface area contributed by atoms with Gasteiger partial charge in [-0.2, -0.15) is 0 Å². The minimum Gasteiger partial charge on any atom is -0.502 e. The first kappa shape index (κ1) is 18.1. The lowest BCUT2D eigenvalue weighted by atomic mass is 10.1. The Morgan fingerprint density at radius 3 is 2.63 bits per heavy atom. The van der Waals surface area contributed by atoms with Gasteiger partial charge in [0.15, 0.2) is 5.75 Å². The van der Waals surface area contributed by atoms with Crippen LogP contribution in [0, 0.1) is 10.1 Å². The van der Waals surface area contributed by atoms with Crippen molar-refractivity contribution in [2.45, 2.75) is 19.9 Å². The summed E-state index contributed by atoms with van der Waals surface area (Å²) >= 11 is 0. The Hall–Kier alpha value is -3.69. The van der Waals surface area contributed by atoms with Crippen LogP contribution in [-0.2, 0) is 13.6 Å². The summed E-state index contributed by atoms with van der Waals surface area (Å²) in [6.07, 6.45) is 1.94. The summed E-state index contributed by atoms with van der Waals surface area (Å²) < 4.78 is 2.19. The molecule has 3 rings (SSSR count). The number of allylic oxidation sites excluding steroid dienone is 1. The number of hydrogen-bond donors (Lipinski definition) is 2. The number of anilines is 1. The average molecular weight is 372 g/mol. The van der Waals surface area contributed by atoms with Gasteiger partial charge >= 0.3 is 11.4 Å². The molecular weight excluding hydrogens is 356 g/mol. The van der Waals surface area contributed by atoms with Crippen molar-refractivity contribution in [2.75, 3.05) is 5.32 Å². The van der Waals surface area contributed by atoms with E-state index in [0.717, 1.165) is 16.7 Å². The number of carbonyl (C=O) groups excluding carboxylic acids is 1. The van der Waals surface area contributed by atoms with Crippen molar-refractivity contribution in [2.24, 2.45) is 7.05 Å². The van der Waals surface area contributed by atoms with Crippen LogP contribution in [-0.4, -0.2) is 24.9 Å². The van der Waals surface area contributed by atoms with Gasteiger partial charge in [0, 0.05) is 19.7 Å². The van der Waals surface area contributed by atoms with E-state index in [9.17, 15) is 29.6 Å². The maximum absolute atomic E-state index is 12.7. The van der Waals surface area contributed by atoms with Gasteiger partial charge in [0.2, 0.25) is 5.78 Å². The van der Waals surface area contributed by atoms with E-state index in [1.807, 2.05) is 6.92 Å². The molecule has 1 aliphatic rings. The van der Waals surface area contributed by atoms with Crippen LogP contribution in [0.5, 0.6) is 5.75 Å². The molecule has 2 heterocycles. The number of fused-ring (bicyclic) bond motifs is 1. The topological polar surface area (TPSA) is 136 Å². The molecule has 2 N–H and O–H groups in total. The number of benzene rings is 1. The minimum absolute atomic E-state index is 0.0116. The molecule has 0 saturated carbocycles. The van der Waals surface area contributed by atoms with Gasteiger partial charge in [-0.3, -0.25) is 28.8 Å². The normalized spacial score (nSPS) is 14.3. The molecule has 140 valence electrons. The van der Waals surface area contributed by atoms with Gasteiger partial charge in [0.25, 0.3) is 5.56 Å². The summed E-state index contributed by atoms with van der Waals surface area (Å²) in [7, 11) is 1.30. The third kappa shape index (κ3) is 2.90. The predicted octanol–water partition coefficient (Wildman–Crippen LogP) is 1.22. The summed E-state index contributed by atoms with van der Waals surface area (Å²) in [6, 6.07) is 3.64. The summed E-state index contributed by atoms with van der Waals surface area (Å²) in [4.78, 5) is 47.6. The second-order valence-corrected chi connectivity index (χ2v) is 6.04. The highest BCUT2D eigenvalue weighted by atomic mass is 16.6. The highest BCUT2D eigenvalue weighted by Crippen LogP contribution is 2.30. The summed E-state index contributed by atoms with van der Waals surface area (Å²) in [6.45, 7) is 2.17. The number of aromatic hydroxyl groups is 1. The lowest BCUT2D eigenvalue weighted by molar-refractivity contribution is -0.385. The lowest BCUT2D eigenvalue weighted by Crippen LogP contribution is -2.40. The molecule has 1 aromatic heterocycles. The maximum Gasteiger partial charge on any atom is 0.332 e. The van der Waals surface area contributed by atoms with Crippen molar-refractivity contribution < 1.29 is 14.8 Å². The van der Waals surface area contributed by atoms with Gasteiger partial charge in [-0.25, -0.2) is 4.79 Å². The highest BCUT2D eigenvalue weighted by molar-refractivity contribution is 6.19. The summed E-state index contributed by atoms with van der Waals surface area (Å²) in [5.41, 5.74) is -1.61. The fourth-order valence-corrected chi connectivity index (χ4v) is 2.90. The monoisotopic (exact) mass is 372 g/mol. The van der Waals surface area contributed by atoms with Crippen LogP contribution in [0.25, 0.3) is 6.08 Å². The Morgan fingerprint density at radius 2 is 2.00 bits per heavy atom. The predicted molar refractivity (Wildman–Crippen MR) is 96.9 cm³/mol. The standard InChI is InChI=1S/C17H16N4O6/c1-3-6-20-15-13(16(24)19(2)17(20)25)14(23)10(18-15)7-9-4-5-12(22)11(8-9)21(26)27/h4-5,7-8,18,22H,3,6H2,1-2H3/b10-7-. The van der Waals surface area contributed by atoms with Crippen molar-refractivity contribution in [1.82, 2.24) is 9.13 Å². The first-order valence-electron chi connectivity index (χ1n) is 8.11. The lowest BCUT2D eigenvalue weighted by Gasteiger charge is -2.11. The van der Waals surface area contributed by atoms with Crippen LogP contribution in [0.4, 0.5) is 11.5 Å². The summed E-state index contributed by atoms with van der Waals surface area (Å²) in [5, 5.41) is 23.3. The van der Waals surface area contributed by atoms with Gasteiger partial charge in [0.05, 0.1) is 10.6 Å². The zero-order chi connectivity index (χ0) is 19.9. The van der Waals surface area contributed by atoms with E-state index in [1.165, 1.54) is 23.8 Å². The largest absolute Gasteiger partial charge is 0.502 e. The van der Waals surface area contributed by atoms with Crippen molar-refractivity contribution in [1.29, 1.82) is 0 Å². The van der Waals surface area contributed by atoms with Gasteiger partial charge in [-0.05, 0) is 24.1 Å². The Morgan fingerprint density at radius 1 is 1.30 bits per heavy atom. The quantitative estimate of drug-likeness (QED) is 0.468. The minimum atomic E-state index is -0.745. The number of aromatic nitrogens is 2. The molecular formula is C17H16N4O6. The van der Waals surface area contributed by atoms with E-state index < -0.39 is 33.4 Å². The number of hydrogen-bond acceptors (Lipinski definition) is 7. The molecule has 0 saturated heterocycles. The van der Waals surface area contributed by atoms with Gasteiger partial charge in [0.1, 0.15) is 11.4 Å². The van der Waals surface area contributed by atoms with Crippen LogP contribution in [0.3, 0.4) is 0 Å². The number of nitrogens with zero attached hydrogens (tertiary/aromatic N) is 3. The molecule has 10 heteroatoms. The van der Waals surface area contributed by atoms with Gasteiger partial charge < -0.3 is 10.4 Å². The smallest absolute Gasteiger partial charge is 0.332 e. The van der Waals surface area contributed by atoms with E-state index in [0.29, 0.717) is 13.0 Å². The molecule has 0 radical (unpaired) electrons. The zero-order valence-electron chi connectivity index (χ0n) is 14.6. The van der Waals surface area contributed by atoms with Crippen molar-refractivity contribution in [3.63, 3.8) is 0 Å². The molecule has 0 atom stereocenters. The number of phenols is 1. The molecule has 1 aromatic carbocycles. The number of nitro benzene ring substituents is 1. The van der Waals surface area contributed by atoms with E-state index in [1.54, 1.807) is 0 Å². The fraction of sp³-hybridized carbons (Fsp3) is 0.235. The maximum atomic E-state index is 12.7. The van der Waals surface area contributed by atoms with E-state index in [-0.39, 0.29) is 22.6 Å². The first-order valence-corrected chi connectivity index (χ1v) is 8.11. The SMILES string of the molecule is CCCn1c2c(c(=O)n(C)c1=O)C(=O)/C(=C/c1ccc(O)c([N+](=O)[O-])c1)N2. The number of nitrogens with one attached hydrogen (secondary N) is 1. The number of phenolic OH excluding ortho intramolecular Hbond substituents is 1. The van der Waals surface area contributed by atoms with Crippen LogP contribution in [0.2, 0.25) is 0 Å². The molecule has 1 aliphatic heterocycles. The average Bonchev–Trinajstić information content (AvgIpc) is 2.94. The van der Waals surface area contributed by atoms with Gasteiger partial charge in [-0.15, -0.1) is 0 Å². The van der Waals surface area contributed by atoms with Crippen LogP contribution in [0.1, 0.15) is 29.3 Å². The molecule has 0 fully saturated rings. The Kier molecular flexibility index (Phi) is 4.40. The number of nitro groups is 1. The van der Waals surface area contributed by atoms with Crippen LogP contribution in [0.15, 0.2) is 33.5 Å². The molecule has 27 heavy (non-hydrogen) atoms. The van der Waals surface area contributed by atoms with Crippen molar-refractivity contribution >= 4 is 23.4 Å². The third-order valence-electron chi connectivity index (χ3n) is 4.22. The second kappa shape index (κ2) is 6.56. The number of rotatable bonds is 4. The molecule has 0 unspecified atom stereocenters. The molecule has 0 spiro atoms. The summed E-state index contributed by atoms with van der Waals surface area (Å²) in [5.74, 6) is -0.984. The molecule has 0 bridgehead atoms. The fourth-order valence-electron chi connectivity index (χ4n) is 2.90. The first-order chi connectivity index (χ1) is 12.8.